The van der Waals surface area contributed by atoms with Gasteiger partial charge in [-0.1, -0.05) is 0 Å². The van der Waals surface area contributed by atoms with Gasteiger partial charge in [0.15, 0.2) is 5.79 Å². The van der Waals surface area contributed by atoms with Crippen LogP contribution in [0.5, 0.6) is 0 Å². The second kappa shape index (κ2) is 5.52. The third kappa shape index (κ3) is 3.08. The molecule has 0 aromatic heterocycles. The van der Waals surface area contributed by atoms with E-state index < -0.39 is 41.8 Å². The van der Waals surface area contributed by atoms with Crippen LogP contribution in [0.15, 0.2) is 0 Å². The number of fused-ring (bicyclic) bond motifs is 1. The van der Waals surface area contributed by atoms with Crippen LogP contribution in [0.25, 0.3) is 0 Å². The quantitative estimate of drug-likeness (QED) is 0.720. The molecule has 0 aromatic carbocycles. The molecule has 4 atom stereocenters. The summed E-state index contributed by atoms with van der Waals surface area (Å²) in [6.07, 6.45) is -1.03. The van der Waals surface area contributed by atoms with Crippen LogP contribution in [0.1, 0.15) is 41.0 Å². The van der Waals surface area contributed by atoms with Crippen molar-refractivity contribution in [3.63, 3.8) is 0 Å². The van der Waals surface area contributed by atoms with Gasteiger partial charge in [0.05, 0.1) is 18.5 Å². The molecule has 0 aliphatic carbocycles. The third-order valence-electron chi connectivity index (χ3n) is 3.60. The smallest absolute Gasteiger partial charge is 0.411 e. The van der Waals surface area contributed by atoms with Crippen molar-refractivity contribution in [3.05, 3.63) is 0 Å². The highest BCUT2D eigenvalue weighted by atomic mass is 16.8. The van der Waals surface area contributed by atoms with Gasteiger partial charge in [0.1, 0.15) is 30.1 Å². The van der Waals surface area contributed by atoms with Crippen LogP contribution in [0.2, 0.25) is 0 Å². The Morgan fingerprint density at radius 3 is 2.45 bits per heavy atom. The zero-order valence-corrected chi connectivity index (χ0v) is 13.5. The molecular formula is C15H22N2O5. The van der Waals surface area contributed by atoms with E-state index in [9.17, 15) is 9.59 Å². The van der Waals surface area contributed by atoms with Crippen molar-refractivity contribution in [1.82, 2.24) is 4.90 Å². The van der Waals surface area contributed by atoms with Crippen molar-refractivity contribution < 1.29 is 23.8 Å². The summed E-state index contributed by atoms with van der Waals surface area (Å²) in [7, 11) is 0. The van der Waals surface area contributed by atoms with Gasteiger partial charge in [-0.15, -0.1) is 0 Å². The van der Waals surface area contributed by atoms with Crippen LogP contribution in [0.3, 0.4) is 0 Å². The lowest BCUT2D eigenvalue weighted by atomic mass is 10.1. The predicted octanol–water partition coefficient (Wildman–Crippen LogP) is 1.61. The first-order valence-electron chi connectivity index (χ1n) is 7.29. The van der Waals surface area contributed by atoms with Gasteiger partial charge in [0.25, 0.3) is 0 Å². The highest BCUT2D eigenvalue weighted by Crippen LogP contribution is 2.41. The molecule has 0 saturated carbocycles. The number of likely N-dealkylation sites (tertiary alicyclic amines) is 1. The molecule has 22 heavy (non-hydrogen) atoms. The number of nitrogens with zero attached hydrogens (tertiary/aromatic N) is 2. The van der Waals surface area contributed by atoms with Crippen LogP contribution < -0.4 is 0 Å². The highest BCUT2D eigenvalue weighted by molar-refractivity contribution is 5.76. The molecule has 0 bridgehead atoms. The fourth-order valence-electron chi connectivity index (χ4n) is 2.94. The van der Waals surface area contributed by atoms with Gasteiger partial charge < -0.3 is 19.0 Å². The van der Waals surface area contributed by atoms with Crippen LogP contribution in [-0.4, -0.2) is 53.0 Å². The molecule has 2 aliphatic rings. The Kier molecular flexibility index (Phi) is 4.20. The van der Waals surface area contributed by atoms with Gasteiger partial charge in [0, 0.05) is 0 Å². The SMILES string of the molecule is CC(C)(C)OC(=O)N1C(C=O)C2OC(C)(C)OC2C1CC#N. The molecule has 7 heteroatoms. The monoisotopic (exact) mass is 310 g/mol. The Hall–Kier alpha value is -1.65. The minimum atomic E-state index is -0.843. The number of amides is 1. The lowest BCUT2D eigenvalue weighted by Gasteiger charge is -2.32. The Morgan fingerprint density at radius 2 is 1.95 bits per heavy atom. The molecule has 2 saturated heterocycles. The van der Waals surface area contributed by atoms with E-state index in [4.69, 9.17) is 19.5 Å². The molecule has 4 unspecified atom stereocenters. The summed E-state index contributed by atoms with van der Waals surface area (Å²) in [5.41, 5.74) is -0.694. The maximum atomic E-state index is 12.4. The predicted molar refractivity (Wildman–Crippen MR) is 75.8 cm³/mol. The zero-order chi connectivity index (χ0) is 16.7. The maximum Gasteiger partial charge on any atom is 0.411 e. The molecular weight excluding hydrogens is 288 g/mol. The molecule has 7 nitrogen and oxygen atoms in total. The normalized spacial score (nSPS) is 33.2. The summed E-state index contributed by atoms with van der Waals surface area (Å²) in [6.45, 7) is 8.72. The third-order valence-corrected chi connectivity index (χ3v) is 3.60. The summed E-state index contributed by atoms with van der Waals surface area (Å²) in [5.74, 6) is -0.843. The number of hydrogen-bond donors (Lipinski definition) is 0. The largest absolute Gasteiger partial charge is 0.444 e. The summed E-state index contributed by atoms with van der Waals surface area (Å²) in [6, 6.07) is 0.654. The van der Waals surface area contributed by atoms with Crippen LogP contribution >= 0.6 is 0 Å². The standard InChI is InChI=1S/C15H22N2O5/c1-14(2,3)22-13(19)17-9(6-7-16)11-12(10(17)8-18)21-15(4,5)20-11/h8-12H,6H2,1-5H3. The zero-order valence-electron chi connectivity index (χ0n) is 13.5. The number of hydrogen-bond acceptors (Lipinski definition) is 6. The van der Waals surface area contributed by atoms with E-state index in [0.717, 1.165) is 0 Å². The average Bonchev–Trinajstić information content (AvgIpc) is 2.79. The highest BCUT2D eigenvalue weighted by Gasteiger charge is 2.59. The minimum Gasteiger partial charge on any atom is -0.444 e. The van der Waals surface area contributed by atoms with E-state index in [0.29, 0.717) is 6.29 Å². The Balaban J connectivity index is 2.30. The molecule has 1 amide bonds. The van der Waals surface area contributed by atoms with Crippen molar-refractivity contribution in [2.24, 2.45) is 0 Å². The Labute approximate surface area is 130 Å². The Bertz CT molecular complexity index is 505. The van der Waals surface area contributed by atoms with Crippen molar-refractivity contribution in [2.75, 3.05) is 0 Å². The number of carbonyl (C=O) groups is 2. The van der Waals surface area contributed by atoms with Crippen LogP contribution in [0.4, 0.5) is 4.79 Å². The lowest BCUT2D eigenvalue weighted by molar-refractivity contribution is -0.166. The topological polar surface area (TPSA) is 88.9 Å². The Morgan fingerprint density at radius 1 is 1.36 bits per heavy atom. The molecule has 2 aliphatic heterocycles. The maximum absolute atomic E-state index is 12.4. The second-order valence-corrected chi connectivity index (χ2v) is 7.01. The van der Waals surface area contributed by atoms with Gasteiger partial charge in [-0.05, 0) is 34.6 Å². The molecule has 0 aromatic rings. The van der Waals surface area contributed by atoms with Crippen molar-refractivity contribution in [3.8, 4) is 6.07 Å². The van der Waals surface area contributed by atoms with Gasteiger partial charge in [-0.3, -0.25) is 4.90 Å². The van der Waals surface area contributed by atoms with Crippen molar-refractivity contribution >= 4 is 12.4 Å². The number of carbonyl (C=O) groups excluding carboxylic acids is 2. The number of ether oxygens (including phenoxy) is 3. The molecule has 0 spiro atoms. The average molecular weight is 310 g/mol. The van der Waals surface area contributed by atoms with E-state index in [2.05, 4.69) is 0 Å². The summed E-state index contributed by atoms with van der Waals surface area (Å²) >= 11 is 0. The summed E-state index contributed by atoms with van der Waals surface area (Å²) < 4.78 is 16.9. The fourth-order valence-corrected chi connectivity index (χ4v) is 2.94. The van der Waals surface area contributed by atoms with Crippen molar-refractivity contribution in [2.45, 2.75) is 76.7 Å². The minimum absolute atomic E-state index is 0.0458. The number of rotatable bonds is 2. The lowest BCUT2D eigenvalue weighted by Crippen LogP contribution is -2.48. The first-order valence-corrected chi connectivity index (χ1v) is 7.29. The van der Waals surface area contributed by atoms with E-state index in [-0.39, 0.29) is 6.42 Å². The molecule has 2 heterocycles. The first kappa shape index (κ1) is 16.7. The van der Waals surface area contributed by atoms with E-state index in [1.165, 1.54) is 4.90 Å². The van der Waals surface area contributed by atoms with Gasteiger partial charge >= 0.3 is 6.09 Å². The number of aldehydes is 1. The van der Waals surface area contributed by atoms with E-state index in [1.807, 2.05) is 6.07 Å². The molecule has 2 fully saturated rings. The van der Waals surface area contributed by atoms with Gasteiger partial charge in [-0.2, -0.15) is 5.26 Å². The molecule has 0 radical (unpaired) electrons. The van der Waals surface area contributed by atoms with Crippen LogP contribution in [0, 0.1) is 11.3 Å². The summed E-state index contributed by atoms with van der Waals surface area (Å²) in [5, 5.41) is 9.05. The molecule has 0 N–H and O–H groups in total. The van der Waals surface area contributed by atoms with Gasteiger partial charge in [0.2, 0.25) is 0 Å². The van der Waals surface area contributed by atoms with E-state index >= 15 is 0 Å². The fraction of sp³-hybridized carbons (Fsp3) is 0.800. The number of nitriles is 1. The van der Waals surface area contributed by atoms with Crippen LogP contribution in [-0.2, 0) is 19.0 Å². The van der Waals surface area contributed by atoms with Crippen molar-refractivity contribution in [1.29, 1.82) is 5.26 Å². The molecule has 2 rings (SSSR count). The first-order chi connectivity index (χ1) is 10.1. The van der Waals surface area contributed by atoms with E-state index in [1.54, 1.807) is 34.6 Å². The van der Waals surface area contributed by atoms with Gasteiger partial charge in [-0.25, -0.2) is 4.79 Å². The molecule has 122 valence electrons. The second-order valence-electron chi connectivity index (χ2n) is 7.01. The summed E-state index contributed by atoms with van der Waals surface area (Å²) in [4.78, 5) is 25.2.